The third-order valence-electron chi connectivity index (χ3n) is 2.62. The summed E-state index contributed by atoms with van der Waals surface area (Å²) in [5, 5.41) is -0.180. The average Bonchev–Trinajstić information content (AvgIpc) is 2.43. The van der Waals surface area contributed by atoms with Gasteiger partial charge in [0.05, 0.1) is 0 Å². The van der Waals surface area contributed by atoms with E-state index in [4.69, 9.17) is 0 Å². The molecular weight excluding hydrogens is 292 g/mol. The smallest absolute Gasteiger partial charge is 0.251 e. The van der Waals surface area contributed by atoms with Gasteiger partial charge in [-0.1, -0.05) is 42.1 Å². The molecule has 1 unspecified atom stereocenters. The summed E-state index contributed by atoms with van der Waals surface area (Å²) in [7, 11) is 0. The number of benzene rings is 1. The lowest BCUT2D eigenvalue weighted by Crippen LogP contribution is -2.23. The lowest BCUT2D eigenvalue weighted by Gasteiger charge is -2.16. The number of alkyl halides is 4. The maximum absolute atomic E-state index is 13.2. The largest absolute Gasteiger partial charge is 0.282 e. The highest BCUT2D eigenvalue weighted by molar-refractivity contribution is 8.14. The molecule has 0 aromatic heterocycles. The molecule has 0 aliphatic heterocycles. The van der Waals surface area contributed by atoms with Crippen LogP contribution in [0.2, 0.25) is 0 Å². The summed E-state index contributed by atoms with van der Waals surface area (Å²) in [4.78, 5) is 11.7. The fourth-order valence-corrected chi connectivity index (χ4v) is 2.41. The van der Waals surface area contributed by atoms with Crippen molar-refractivity contribution in [2.45, 2.75) is 31.4 Å². The van der Waals surface area contributed by atoms with E-state index in [1.807, 2.05) is 0 Å². The van der Waals surface area contributed by atoms with E-state index in [1.165, 1.54) is 0 Å². The van der Waals surface area contributed by atoms with Gasteiger partial charge in [-0.15, -0.1) is 0 Å². The van der Waals surface area contributed by atoms with Gasteiger partial charge >= 0.3 is 0 Å². The average molecular weight is 308 g/mol. The standard InChI is InChI=1S/C14H16F4OS/c15-10-12(16)9-14(17,18)7-4-8-20-13(19)11-5-2-1-3-6-11/h1-3,5-6,12H,4,7-10H2. The van der Waals surface area contributed by atoms with Crippen LogP contribution >= 0.6 is 11.8 Å². The van der Waals surface area contributed by atoms with Crippen molar-refractivity contribution in [1.29, 1.82) is 0 Å². The molecule has 1 aromatic carbocycles. The van der Waals surface area contributed by atoms with Crippen LogP contribution in [-0.4, -0.2) is 29.6 Å². The zero-order chi connectivity index (χ0) is 15.0. The molecule has 0 N–H and O–H groups in total. The zero-order valence-electron chi connectivity index (χ0n) is 10.8. The molecule has 0 fully saturated rings. The SMILES string of the molecule is O=C(SCCCC(F)(F)CC(F)CF)c1ccccc1. The van der Waals surface area contributed by atoms with Crippen LogP contribution in [0.15, 0.2) is 30.3 Å². The summed E-state index contributed by atoms with van der Waals surface area (Å²) >= 11 is 0.955. The van der Waals surface area contributed by atoms with Crippen molar-refractivity contribution in [1.82, 2.24) is 0 Å². The van der Waals surface area contributed by atoms with E-state index in [2.05, 4.69) is 0 Å². The molecular formula is C14H16F4OS. The Bertz CT molecular complexity index is 411. The van der Waals surface area contributed by atoms with Crippen LogP contribution in [0.3, 0.4) is 0 Å². The third-order valence-corrected chi connectivity index (χ3v) is 3.61. The topological polar surface area (TPSA) is 17.1 Å². The third kappa shape index (κ3) is 6.41. The van der Waals surface area contributed by atoms with Crippen LogP contribution in [0.5, 0.6) is 0 Å². The molecule has 0 saturated carbocycles. The van der Waals surface area contributed by atoms with Gasteiger partial charge in [0.1, 0.15) is 12.8 Å². The van der Waals surface area contributed by atoms with Gasteiger partial charge in [0.25, 0.3) is 5.92 Å². The molecule has 1 atom stereocenters. The Balaban J connectivity index is 2.26. The Labute approximate surface area is 119 Å². The number of carbonyl (C=O) groups is 1. The van der Waals surface area contributed by atoms with Crippen LogP contribution in [0.4, 0.5) is 17.6 Å². The molecule has 6 heteroatoms. The van der Waals surface area contributed by atoms with Crippen molar-refractivity contribution in [3.63, 3.8) is 0 Å². The van der Waals surface area contributed by atoms with Crippen molar-refractivity contribution in [3.8, 4) is 0 Å². The first-order valence-electron chi connectivity index (χ1n) is 6.24. The van der Waals surface area contributed by atoms with Gasteiger partial charge in [-0.2, -0.15) is 0 Å². The van der Waals surface area contributed by atoms with Crippen LogP contribution in [0.25, 0.3) is 0 Å². The Morgan fingerprint density at radius 3 is 2.50 bits per heavy atom. The van der Waals surface area contributed by atoms with E-state index in [0.29, 0.717) is 5.56 Å². The number of hydrogen-bond acceptors (Lipinski definition) is 2. The minimum atomic E-state index is -3.22. The number of thioether (sulfide) groups is 1. The van der Waals surface area contributed by atoms with Crippen LogP contribution in [-0.2, 0) is 0 Å². The molecule has 0 bridgehead atoms. The van der Waals surface area contributed by atoms with Crippen molar-refractivity contribution < 1.29 is 22.4 Å². The molecule has 1 aromatic rings. The molecule has 112 valence electrons. The molecule has 0 aliphatic carbocycles. The van der Waals surface area contributed by atoms with E-state index < -0.39 is 31.6 Å². The Hall–Kier alpha value is -1.04. The fraction of sp³-hybridized carbons (Fsp3) is 0.500. The van der Waals surface area contributed by atoms with E-state index >= 15 is 0 Å². The lowest BCUT2D eigenvalue weighted by atomic mass is 10.1. The maximum atomic E-state index is 13.2. The highest BCUT2D eigenvalue weighted by Crippen LogP contribution is 2.28. The Kier molecular flexibility index (Phi) is 7.05. The second-order valence-corrected chi connectivity index (χ2v) is 5.48. The van der Waals surface area contributed by atoms with Crippen molar-refractivity contribution in [3.05, 3.63) is 35.9 Å². The summed E-state index contributed by atoms with van der Waals surface area (Å²) in [6, 6.07) is 8.53. The molecule has 0 amide bonds. The first-order chi connectivity index (χ1) is 9.44. The number of halogens is 4. The van der Waals surface area contributed by atoms with E-state index in [-0.39, 0.29) is 17.3 Å². The van der Waals surface area contributed by atoms with Crippen LogP contribution < -0.4 is 0 Å². The summed E-state index contributed by atoms with van der Waals surface area (Å²) < 4.78 is 50.8. The highest BCUT2D eigenvalue weighted by atomic mass is 32.2. The zero-order valence-corrected chi connectivity index (χ0v) is 11.6. The summed E-state index contributed by atoms with van der Waals surface area (Å²) in [6.45, 7) is -1.39. The minimum absolute atomic E-state index is 0.0786. The molecule has 0 radical (unpaired) electrons. The summed E-state index contributed by atoms with van der Waals surface area (Å²) in [5.41, 5.74) is 0.519. The van der Waals surface area contributed by atoms with Gasteiger partial charge in [-0.3, -0.25) is 4.79 Å². The molecule has 0 heterocycles. The van der Waals surface area contributed by atoms with Gasteiger partial charge < -0.3 is 0 Å². The molecule has 20 heavy (non-hydrogen) atoms. The van der Waals surface area contributed by atoms with Crippen LogP contribution in [0.1, 0.15) is 29.6 Å². The van der Waals surface area contributed by atoms with Crippen LogP contribution in [0, 0.1) is 0 Å². The minimum Gasteiger partial charge on any atom is -0.282 e. The molecule has 1 rings (SSSR count). The highest BCUT2D eigenvalue weighted by Gasteiger charge is 2.32. The first-order valence-corrected chi connectivity index (χ1v) is 7.23. The lowest BCUT2D eigenvalue weighted by molar-refractivity contribution is -0.0388. The Morgan fingerprint density at radius 1 is 1.25 bits per heavy atom. The second kappa shape index (κ2) is 8.29. The van der Waals surface area contributed by atoms with Gasteiger partial charge in [-0.25, -0.2) is 17.6 Å². The maximum Gasteiger partial charge on any atom is 0.251 e. The molecule has 0 aliphatic rings. The van der Waals surface area contributed by atoms with Crippen molar-refractivity contribution >= 4 is 16.9 Å². The van der Waals surface area contributed by atoms with Gasteiger partial charge in [0.2, 0.25) is 5.12 Å². The van der Waals surface area contributed by atoms with Gasteiger partial charge in [0.15, 0.2) is 0 Å². The molecule has 0 saturated heterocycles. The first kappa shape index (κ1) is 17.0. The summed E-state index contributed by atoms with van der Waals surface area (Å²) in [5.74, 6) is -2.99. The molecule has 1 nitrogen and oxygen atoms in total. The predicted molar refractivity (Wildman–Crippen MR) is 72.9 cm³/mol. The summed E-state index contributed by atoms with van der Waals surface area (Å²) in [6.07, 6.45) is -3.68. The van der Waals surface area contributed by atoms with Gasteiger partial charge in [0, 0.05) is 24.2 Å². The van der Waals surface area contributed by atoms with Gasteiger partial charge in [-0.05, 0) is 6.42 Å². The van der Waals surface area contributed by atoms with Crippen molar-refractivity contribution in [2.24, 2.45) is 0 Å². The quantitative estimate of drug-likeness (QED) is 0.512. The van der Waals surface area contributed by atoms with E-state index in [1.54, 1.807) is 30.3 Å². The number of rotatable bonds is 8. The molecule has 0 spiro atoms. The van der Waals surface area contributed by atoms with E-state index in [9.17, 15) is 22.4 Å². The van der Waals surface area contributed by atoms with E-state index in [0.717, 1.165) is 11.8 Å². The second-order valence-electron chi connectivity index (χ2n) is 4.42. The number of hydrogen-bond donors (Lipinski definition) is 0. The fourth-order valence-electron chi connectivity index (χ4n) is 1.63. The monoisotopic (exact) mass is 308 g/mol. The number of carbonyl (C=O) groups excluding carboxylic acids is 1. The Morgan fingerprint density at radius 2 is 1.90 bits per heavy atom. The normalized spacial score (nSPS) is 13.2. The predicted octanol–water partition coefficient (Wildman–Crippen LogP) is 4.67. The van der Waals surface area contributed by atoms with Crippen molar-refractivity contribution in [2.75, 3.05) is 12.4 Å².